The van der Waals surface area contributed by atoms with Crippen LogP contribution in [0.3, 0.4) is 0 Å². The molecule has 0 saturated carbocycles. The maximum absolute atomic E-state index is 12.4. The standard InChI is InChI=1S/C17H20Cl3NO4.CO2/c1-9-10(2)13(24-14(22)12-7-5-4-6-8-12)15(23-11(9)3)25-16(21)17(18,19)20;2-1-3/h4-11,13,15,21H,1-3H3;/t9-,10?,11?,13?,15-;/m0./s1. The fraction of sp³-hybridized carbons (Fsp3) is 0.500. The summed E-state index contributed by atoms with van der Waals surface area (Å²) in [6.07, 6.45) is -1.70. The minimum absolute atomic E-state index is 0.0791. The Kier molecular flexibility index (Phi) is 9.40. The average molecular weight is 453 g/mol. The third kappa shape index (κ3) is 6.76. The van der Waals surface area contributed by atoms with Gasteiger partial charge >= 0.3 is 12.1 Å². The molecule has 1 fully saturated rings. The molecule has 1 heterocycles. The lowest BCUT2D eigenvalue weighted by molar-refractivity contribution is -0.238. The van der Waals surface area contributed by atoms with Crippen molar-refractivity contribution in [3.63, 3.8) is 0 Å². The van der Waals surface area contributed by atoms with E-state index >= 15 is 0 Å². The van der Waals surface area contributed by atoms with Gasteiger partial charge in [-0.25, -0.2) is 4.79 Å². The number of benzene rings is 1. The first-order valence-corrected chi connectivity index (χ1v) is 9.39. The van der Waals surface area contributed by atoms with Gasteiger partial charge in [0.05, 0.1) is 11.7 Å². The third-order valence-corrected chi connectivity index (χ3v) is 4.96. The molecule has 28 heavy (non-hydrogen) atoms. The van der Waals surface area contributed by atoms with Crippen molar-refractivity contribution in [2.75, 3.05) is 0 Å². The highest BCUT2D eigenvalue weighted by Crippen LogP contribution is 2.36. The van der Waals surface area contributed by atoms with Crippen LogP contribution in [0.5, 0.6) is 0 Å². The van der Waals surface area contributed by atoms with Gasteiger partial charge in [0, 0.05) is 5.92 Å². The fourth-order valence-corrected chi connectivity index (χ4v) is 2.73. The van der Waals surface area contributed by atoms with Gasteiger partial charge in [-0.2, -0.15) is 9.59 Å². The van der Waals surface area contributed by atoms with Gasteiger partial charge in [0.15, 0.2) is 6.10 Å². The number of alkyl halides is 3. The second-order valence-corrected chi connectivity index (χ2v) is 8.47. The smallest absolute Gasteiger partial charge is 0.373 e. The van der Waals surface area contributed by atoms with Crippen molar-refractivity contribution in [1.29, 1.82) is 5.41 Å². The van der Waals surface area contributed by atoms with Crippen LogP contribution in [0.4, 0.5) is 0 Å². The van der Waals surface area contributed by atoms with Crippen molar-refractivity contribution < 1.29 is 28.6 Å². The Hall–Kier alpha value is -1.63. The van der Waals surface area contributed by atoms with Gasteiger partial charge in [-0.1, -0.05) is 66.8 Å². The Labute approximate surface area is 177 Å². The molecule has 5 atom stereocenters. The highest BCUT2D eigenvalue weighted by atomic mass is 35.6. The van der Waals surface area contributed by atoms with Crippen LogP contribution in [-0.4, -0.2) is 40.3 Å². The first-order chi connectivity index (χ1) is 13.0. The lowest BCUT2D eigenvalue weighted by Crippen LogP contribution is -2.52. The predicted molar refractivity (Wildman–Crippen MR) is 102 cm³/mol. The summed E-state index contributed by atoms with van der Waals surface area (Å²) in [7, 11) is 0. The van der Waals surface area contributed by atoms with E-state index in [1.54, 1.807) is 30.3 Å². The maximum Gasteiger partial charge on any atom is 0.373 e. The normalized spacial score (nSPS) is 26.9. The number of carbonyl (C=O) groups is 1. The summed E-state index contributed by atoms with van der Waals surface area (Å²) in [6.45, 7) is 5.81. The Morgan fingerprint density at radius 1 is 1.07 bits per heavy atom. The second-order valence-electron chi connectivity index (χ2n) is 6.19. The summed E-state index contributed by atoms with van der Waals surface area (Å²) in [4.78, 5) is 28.7. The van der Waals surface area contributed by atoms with Crippen molar-refractivity contribution in [2.45, 2.75) is 43.1 Å². The molecule has 1 aromatic rings. The van der Waals surface area contributed by atoms with Crippen molar-refractivity contribution >= 4 is 52.8 Å². The Bertz CT molecular complexity index is 703. The van der Waals surface area contributed by atoms with Crippen molar-refractivity contribution in [3.8, 4) is 0 Å². The van der Waals surface area contributed by atoms with Crippen LogP contribution >= 0.6 is 34.8 Å². The zero-order valence-electron chi connectivity index (χ0n) is 15.4. The quantitative estimate of drug-likeness (QED) is 0.322. The number of hydrogen-bond acceptors (Lipinski definition) is 7. The van der Waals surface area contributed by atoms with Gasteiger partial charge in [-0.15, -0.1) is 0 Å². The van der Waals surface area contributed by atoms with E-state index in [1.807, 2.05) is 20.8 Å². The van der Waals surface area contributed by atoms with E-state index in [1.165, 1.54) is 0 Å². The zero-order valence-corrected chi connectivity index (χ0v) is 17.6. The molecule has 0 aliphatic carbocycles. The van der Waals surface area contributed by atoms with Crippen LogP contribution in [0.1, 0.15) is 31.1 Å². The summed E-state index contributed by atoms with van der Waals surface area (Å²) >= 11 is 17.0. The van der Waals surface area contributed by atoms with Gasteiger partial charge < -0.3 is 14.2 Å². The van der Waals surface area contributed by atoms with Crippen molar-refractivity contribution in [1.82, 2.24) is 0 Å². The molecule has 10 heteroatoms. The molecule has 0 amide bonds. The molecule has 1 N–H and O–H groups in total. The maximum atomic E-state index is 12.4. The molecule has 1 aliphatic rings. The molecule has 3 unspecified atom stereocenters. The number of rotatable bonds is 3. The molecule has 1 aromatic carbocycles. The summed E-state index contributed by atoms with van der Waals surface area (Å²) in [5.41, 5.74) is 0.413. The third-order valence-electron chi connectivity index (χ3n) is 4.45. The monoisotopic (exact) mass is 451 g/mol. The largest absolute Gasteiger partial charge is 0.452 e. The Morgan fingerprint density at radius 3 is 2.11 bits per heavy atom. The van der Waals surface area contributed by atoms with E-state index in [2.05, 4.69) is 0 Å². The lowest BCUT2D eigenvalue weighted by Gasteiger charge is -2.42. The zero-order chi connectivity index (χ0) is 21.5. The van der Waals surface area contributed by atoms with E-state index in [9.17, 15) is 4.79 Å². The van der Waals surface area contributed by atoms with Crippen LogP contribution in [0, 0.1) is 17.2 Å². The molecule has 0 spiro atoms. The molecule has 1 saturated heterocycles. The second kappa shape index (κ2) is 10.8. The average Bonchev–Trinajstić information content (AvgIpc) is 2.63. The highest BCUT2D eigenvalue weighted by molar-refractivity contribution is 6.76. The SMILES string of the molecule is CC1O[C@@H](OC(=N)C(Cl)(Cl)Cl)C(OC(=O)c2ccccc2)C(C)[C@@H]1C.O=C=O. The Morgan fingerprint density at radius 2 is 1.61 bits per heavy atom. The van der Waals surface area contributed by atoms with Crippen LogP contribution in [0.25, 0.3) is 0 Å². The van der Waals surface area contributed by atoms with Gasteiger partial charge in [0.25, 0.3) is 3.79 Å². The van der Waals surface area contributed by atoms with Crippen LogP contribution < -0.4 is 0 Å². The summed E-state index contributed by atoms with van der Waals surface area (Å²) in [5.74, 6) is -1.06. The first kappa shape index (κ1) is 24.4. The molecule has 7 nitrogen and oxygen atoms in total. The highest BCUT2D eigenvalue weighted by Gasteiger charge is 2.45. The topological polar surface area (TPSA) is 103 Å². The van der Waals surface area contributed by atoms with E-state index in [0.29, 0.717) is 5.56 Å². The lowest BCUT2D eigenvalue weighted by atomic mass is 9.84. The Balaban J connectivity index is 0.00000122. The molecule has 1 aliphatic heterocycles. The predicted octanol–water partition coefficient (Wildman–Crippen LogP) is 4.01. The fourth-order valence-electron chi connectivity index (χ4n) is 2.59. The molecule has 0 aromatic heterocycles. The van der Waals surface area contributed by atoms with Crippen LogP contribution in [0.2, 0.25) is 0 Å². The molecule has 0 bridgehead atoms. The van der Waals surface area contributed by atoms with E-state index in [4.69, 9.17) is 64.0 Å². The number of halogens is 3. The molecular formula is C18H20Cl3NO6. The van der Waals surface area contributed by atoms with Gasteiger partial charge in [-0.05, 0) is 25.0 Å². The van der Waals surface area contributed by atoms with Gasteiger partial charge in [-0.3, -0.25) is 5.41 Å². The van der Waals surface area contributed by atoms with Gasteiger partial charge in [0.2, 0.25) is 12.2 Å². The number of nitrogens with one attached hydrogen (secondary N) is 1. The molecular weight excluding hydrogens is 433 g/mol. The van der Waals surface area contributed by atoms with E-state index < -0.39 is 28.1 Å². The molecule has 0 radical (unpaired) electrons. The number of esters is 1. The summed E-state index contributed by atoms with van der Waals surface area (Å²) < 4.78 is 14.7. The minimum atomic E-state index is -2.02. The first-order valence-electron chi connectivity index (χ1n) is 8.26. The number of carbonyl (C=O) groups excluding carboxylic acids is 3. The summed E-state index contributed by atoms with van der Waals surface area (Å²) in [6, 6.07) is 8.61. The van der Waals surface area contributed by atoms with Crippen LogP contribution in [-0.2, 0) is 23.8 Å². The number of ether oxygens (including phenoxy) is 3. The van der Waals surface area contributed by atoms with E-state index in [-0.39, 0.29) is 24.1 Å². The van der Waals surface area contributed by atoms with E-state index in [0.717, 1.165) is 0 Å². The number of hydrogen-bond donors (Lipinski definition) is 1. The molecule has 154 valence electrons. The van der Waals surface area contributed by atoms with Gasteiger partial charge in [0.1, 0.15) is 0 Å². The molecule has 2 rings (SSSR count). The summed E-state index contributed by atoms with van der Waals surface area (Å²) in [5, 5.41) is 7.76. The van der Waals surface area contributed by atoms with Crippen molar-refractivity contribution in [2.24, 2.45) is 11.8 Å². The minimum Gasteiger partial charge on any atom is -0.452 e. The van der Waals surface area contributed by atoms with Crippen molar-refractivity contribution in [3.05, 3.63) is 35.9 Å². The van der Waals surface area contributed by atoms with Crippen LogP contribution in [0.15, 0.2) is 30.3 Å².